The summed E-state index contributed by atoms with van der Waals surface area (Å²) in [6.07, 6.45) is -4.86. The van der Waals surface area contributed by atoms with Gasteiger partial charge >= 0.3 is 12.1 Å². The van der Waals surface area contributed by atoms with Crippen LogP contribution in [0.2, 0.25) is 15.1 Å². The van der Waals surface area contributed by atoms with E-state index in [1.54, 1.807) is 0 Å². The first-order valence-corrected chi connectivity index (χ1v) is 6.19. The third kappa shape index (κ3) is 4.59. The van der Waals surface area contributed by atoms with E-state index in [0.717, 1.165) is 0 Å². The number of hydrazine groups is 1. The second-order valence-corrected chi connectivity index (χ2v) is 4.91. The highest BCUT2D eigenvalue weighted by Crippen LogP contribution is 2.32. The standard InChI is InChI=1S/C10H8Cl3F3N2O2/c11-5-1-7(13)8(2-6(5)12)18-17-3-4(9(19)20)10(14,15)16/h1-2,4,17-18H,3H2,(H,19,20). The van der Waals surface area contributed by atoms with E-state index >= 15 is 0 Å². The Morgan fingerprint density at radius 2 is 1.75 bits per heavy atom. The van der Waals surface area contributed by atoms with Crippen molar-refractivity contribution in [2.75, 3.05) is 12.0 Å². The summed E-state index contributed by atoms with van der Waals surface area (Å²) >= 11 is 17.2. The van der Waals surface area contributed by atoms with Crippen LogP contribution >= 0.6 is 34.8 Å². The Morgan fingerprint density at radius 1 is 1.20 bits per heavy atom. The van der Waals surface area contributed by atoms with Gasteiger partial charge < -0.3 is 10.5 Å². The molecule has 0 fully saturated rings. The van der Waals surface area contributed by atoms with Crippen LogP contribution in [-0.2, 0) is 4.79 Å². The summed E-state index contributed by atoms with van der Waals surface area (Å²) in [5.74, 6) is -4.52. The molecule has 4 nitrogen and oxygen atoms in total. The lowest BCUT2D eigenvalue weighted by Crippen LogP contribution is -2.40. The van der Waals surface area contributed by atoms with Crippen LogP contribution in [0, 0.1) is 5.92 Å². The van der Waals surface area contributed by atoms with Crippen molar-refractivity contribution >= 4 is 46.5 Å². The molecule has 112 valence electrons. The molecule has 0 spiro atoms. The zero-order valence-electron chi connectivity index (χ0n) is 9.56. The van der Waals surface area contributed by atoms with Crippen LogP contribution in [0.1, 0.15) is 0 Å². The molecule has 0 aliphatic carbocycles. The largest absolute Gasteiger partial charge is 0.481 e. The Labute approximate surface area is 126 Å². The summed E-state index contributed by atoms with van der Waals surface area (Å²) in [5.41, 5.74) is 4.66. The van der Waals surface area contributed by atoms with Gasteiger partial charge in [-0.25, -0.2) is 5.43 Å². The van der Waals surface area contributed by atoms with Crippen molar-refractivity contribution in [2.45, 2.75) is 6.18 Å². The van der Waals surface area contributed by atoms with Crippen LogP contribution < -0.4 is 10.9 Å². The molecule has 1 aromatic rings. The fourth-order valence-electron chi connectivity index (χ4n) is 1.21. The number of hydrogen-bond acceptors (Lipinski definition) is 3. The number of halogens is 6. The highest BCUT2D eigenvalue weighted by Gasteiger charge is 2.44. The SMILES string of the molecule is O=C(O)C(CNNc1cc(Cl)c(Cl)cc1Cl)C(F)(F)F. The number of alkyl halides is 3. The van der Waals surface area contributed by atoms with Crippen molar-refractivity contribution in [1.82, 2.24) is 5.43 Å². The van der Waals surface area contributed by atoms with E-state index in [2.05, 4.69) is 10.9 Å². The van der Waals surface area contributed by atoms with Crippen molar-refractivity contribution in [3.05, 3.63) is 27.2 Å². The first-order chi connectivity index (χ1) is 9.12. The van der Waals surface area contributed by atoms with Crippen molar-refractivity contribution in [3.8, 4) is 0 Å². The molecular weight excluding hydrogens is 343 g/mol. The van der Waals surface area contributed by atoms with E-state index < -0.39 is 24.6 Å². The minimum atomic E-state index is -4.86. The molecule has 10 heteroatoms. The summed E-state index contributed by atoms with van der Waals surface area (Å²) in [6.45, 7) is -0.880. The monoisotopic (exact) mass is 350 g/mol. The maximum atomic E-state index is 12.4. The lowest BCUT2D eigenvalue weighted by molar-refractivity contribution is -0.192. The smallest absolute Gasteiger partial charge is 0.403 e. The normalized spacial score (nSPS) is 13.1. The van der Waals surface area contributed by atoms with Gasteiger partial charge in [0.25, 0.3) is 0 Å². The summed E-state index contributed by atoms with van der Waals surface area (Å²) in [5, 5.41) is 8.93. The molecule has 0 aliphatic rings. The second-order valence-electron chi connectivity index (χ2n) is 3.68. The van der Waals surface area contributed by atoms with E-state index in [4.69, 9.17) is 39.9 Å². The molecule has 20 heavy (non-hydrogen) atoms. The zero-order chi connectivity index (χ0) is 15.5. The molecule has 0 aliphatic heterocycles. The average molecular weight is 352 g/mol. The number of aliphatic carboxylic acids is 1. The first kappa shape index (κ1) is 17.2. The van der Waals surface area contributed by atoms with Gasteiger partial charge in [0.15, 0.2) is 5.92 Å². The Kier molecular flexibility index (Phi) is 5.76. The Hall–Kier alpha value is -0.890. The Bertz CT molecular complexity index is 511. The molecule has 0 saturated heterocycles. The van der Waals surface area contributed by atoms with Crippen LogP contribution in [0.25, 0.3) is 0 Å². The predicted octanol–water partition coefficient (Wildman–Crippen LogP) is 3.83. The second kappa shape index (κ2) is 6.71. The maximum absolute atomic E-state index is 12.4. The van der Waals surface area contributed by atoms with Crippen LogP contribution in [0.3, 0.4) is 0 Å². The van der Waals surface area contributed by atoms with E-state index in [0.29, 0.717) is 0 Å². The number of rotatable bonds is 5. The summed E-state index contributed by atoms with van der Waals surface area (Å²) in [7, 11) is 0. The van der Waals surface area contributed by atoms with Gasteiger partial charge in [0.1, 0.15) is 0 Å². The zero-order valence-corrected chi connectivity index (χ0v) is 11.8. The predicted molar refractivity (Wildman–Crippen MR) is 70.3 cm³/mol. The minimum absolute atomic E-state index is 0.116. The van der Waals surface area contributed by atoms with Gasteiger partial charge in [-0.1, -0.05) is 34.8 Å². The molecule has 0 saturated carbocycles. The van der Waals surface area contributed by atoms with Gasteiger partial charge in [0.2, 0.25) is 0 Å². The number of benzene rings is 1. The first-order valence-electron chi connectivity index (χ1n) is 5.06. The molecule has 0 aromatic heterocycles. The van der Waals surface area contributed by atoms with Gasteiger partial charge in [-0.2, -0.15) is 13.2 Å². The third-order valence-corrected chi connectivity index (χ3v) is 3.27. The number of anilines is 1. The lowest BCUT2D eigenvalue weighted by Gasteiger charge is -2.18. The number of carbonyl (C=O) groups is 1. The van der Waals surface area contributed by atoms with E-state index in [-0.39, 0.29) is 20.8 Å². The number of carboxylic acid groups (broad SMARTS) is 1. The van der Waals surface area contributed by atoms with Gasteiger partial charge in [-0.3, -0.25) is 4.79 Å². The lowest BCUT2D eigenvalue weighted by atomic mass is 10.1. The molecule has 0 amide bonds. The third-order valence-electron chi connectivity index (χ3n) is 2.23. The van der Waals surface area contributed by atoms with Crippen LogP contribution in [-0.4, -0.2) is 23.8 Å². The quantitative estimate of drug-likeness (QED) is 0.557. The molecule has 3 N–H and O–H groups in total. The van der Waals surface area contributed by atoms with Gasteiger partial charge in [0, 0.05) is 6.54 Å². The number of carboxylic acids is 1. The van der Waals surface area contributed by atoms with E-state index in [1.165, 1.54) is 12.1 Å². The molecule has 1 rings (SSSR count). The molecule has 0 bridgehead atoms. The molecule has 1 unspecified atom stereocenters. The van der Waals surface area contributed by atoms with Crippen LogP contribution in [0.5, 0.6) is 0 Å². The summed E-state index contributed by atoms with van der Waals surface area (Å²) in [6, 6.07) is 2.59. The molecule has 0 radical (unpaired) electrons. The van der Waals surface area contributed by atoms with Crippen LogP contribution in [0.15, 0.2) is 12.1 Å². The van der Waals surface area contributed by atoms with Crippen molar-refractivity contribution in [2.24, 2.45) is 5.92 Å². The fraction of sp³-hybridized carbons (Fsp3) is 0.300. The summed E-state index contributed by atoms with van der Waals surface area (Å²) in [4.78, 5) is 10.5. The van der Waals surface area contributed by atoms with Gasteiger partial charge in [0.05, 0.1) is 20.8 Å². The van der Waals surface area contributed by atoms with Crippen molar-refractivity contribution < 1.29 is 23.1 Å². The molecule has 1 atom stereocenters. The fourth-order valence-corrected chi connectivity index (χ4v) is 1.80. The maximum Gasteiger partial charge on any atom is 0.403 e. The average Bonchev–Trinajstić information content (AvgIpc) is 2.28. The summed E-state index contributed by atoms with van der Waals surface area (Å²) < 4.78 is 37.1. The van der Waals surface area contributed by atoms with E-state index in [9.17, 15) is 18.0 Å². The van der Waals surface area contributed by atoms with E-state index in [1.807, 2.05) is 0 Å². The number of hydrogen-bond donors (Lipinski definition) is 3. The molecular formula is C10H8Cl3F3N2O2. The van der Waals surface area contributed by atoms with Gasteiger partial charge in [-0.15, -0.1) is 0 Å². The number of nitrogens with one attached hydrogen (secondary N) is 2. The highest BCUT2D eigenvalue weighted by atomic mass is 35.5. The Morgan fingerprint density at radius 3 is 2.25 bits per heavy atom. The van der Waals surface area contributed by atoms with Gasteiger partial charge in [-0.05, 0) is 12.1 Å². The highest BCUT2D eigenvalue weighted by molar-refractivity contribution is 6.44. The van der Waals surface area contributed by atoms with Crippen molar-refractivity contribution in [3.63, 3.8) is 0 Å². The molecule has 0 heterocycles. The van der Waals surface area contributed by atoms with Crippen LogP contribution in [0.4, 0.5) is 18.9 Å². The topological polar surface area (TPSA) is 61.4 Å². The van der Waals surface area contributed by atoms with Crippen molar-refractivity contribution in [1.29, 1.82) is 0 Å². The molecule has 1 aromatic carbocycles. The minimum Gasteiger partial charge on any atom is -0.481 e. The Balaban J connectivity index is 2.69.